The van der Waals surface area contributed by atoms with Crippen LogP contribution in [0, 0.1) is 5.82 Å². The Bertz CT molecular complexity index is 954. The monoisotopic (exact) mass is 490 g/mol. The number of aromatic nitrogens is 3. The zero-order valence-electron chi connectivity index (χ0n) is 19.3. The first-order chi connectivity index (χ1) is 16.7. The molecule has 2 aromatic rings. The summed E-state index contributed by atoms with van der Waals surface area (Å²) in [5, 5.41) is 9.67. The highest BCUT2D eigenvalue weighted by Gasteiger charge is 2.26. The van der Waals surface area contributed by atoms with Crippen LogP contribution in [-0.4, -0.2) is 96.5 Å². The van der Waals surface area contributed by atoms with Crippen LogP contribution < -0.4 is 9.80 Å². The van der Waals surface area contributed by atoms with Crippen LogP contribution in [-0.2, 0) is 20.8 Å². The molecule has 0 spiro atoms. The minimum absolute atomic E-state index is 0.100. The Hall–Kier alpha value is -2.37. The summed E-state index contributed by atoms with van der Waals surface area (Å²) in [4.78, 5) is 19.2. The van der Waals surface area contributed by atoms with Crippen molar-refractivity contribution in [2.75, 3.05) is 74.6 Å². The Morgan fingerprint density at radius 1 is 1.00 bits per heavy atom. The van der Waals surface area contributed by atoms with E-state index in [9.17, 15) is 9.18 Å². The summed E-state index contributed by atoms with van der Waals surface area (Å²) in [6, 6.07) is 6.52. The summed E-state index contributed by atoms with van der Waals surface area (Å²) >= 11 is 1.45. The third-order valence-corrected chi connectivity index (χ3v) is 7.50. The number of hydrogen-bond donors (Lipinski definition) is 0. The van der Waals surface area contributed by atoms with E-state index in [4.69, 9.17) is 9.47 Å². The highest BCUT2D eigenvalue weighted by atomic mass is 32.2. The smallest absolute Gasteiger partial charge is 0.233 e. The molecule has 3 aliphatic heterocycles. The van der Waals surface area contributed by atoms with Gasteiger partial charge in [0.25, 0.3) is 0 Å². The first kappa shape index (κ1) is 23.4. The third kappa shape index (κ3) is 5.47. The van der Waals surface area contributed by atoms with Gasteiger partial charge in [-0.25, -0.2) is 4.39 Å². The van der Waals surface area contributed by atoms with Gasteiger partial charge in [0.05, 0.1) is 31.6 Å². The van der Waals surface area contributed by atoms with Gasteiger partial charge in [-0.15, -0.1) is 10.2 Å². The van der Waals surface area contributed by atoms with Gasteiger partial charge in [0.15, 0.2) is 5.16 Å². The quantitative estimate of drug-likeness (QED) is 0.545. The highest BCUT2D eigenvalue weighted by Crippen LogP contribution is 2.26. The molecule has 0 radical (unpaired) electrons. The average molecular weight is 491 g/mol. The van der Waals surface area contributed by atoms with Crippen molar-refractivity contribution in [3.8, 4) is 0 Å². The number of morpholine rings is 1. The molecule has 9 nitrogen and oxygen atoms in total. The van der Waals surface area contributed by atoms with Crippen LogP contribution in [0.15, 0.2) is 29.4 Å². The number of halogens is 1. The number of carbonyl (C=O) groups is 1. The second-order valence-electron chi connectivity index (χ2n) is 8.76. The van der Waals surface area contributed by atoms with E-state index < -0.39 is 0 Å². The molecule has 0 aliphatic carbocycles. The van der Waals surface area contributed by atoms with Crippen LogP contribution in [0.25, 0.3) is 0 Å². The molecule has 0 bridgehead atoms. The highest BCUT2D eigenvalue weighted by molar-refractivity contribution is 7.99. The van der Waals surface area contributed by atoms with Gasteiger partial charge in [-0.05, 0) is 37.1 Å². The predicted octanol–water partition coefficient (Wildman–Crippen LogP) is 1.87. The maximum Gasteiger partial charge on any atom is 0.233 e. The fourth-order valence-corrected chi connectivity index (χ4v) is 5.47. The van der Waals surface area contributed by atoms with E-state index in [0.29, 0.717) is 38.6 Å². The molecule has 34 heavy (non-hydrogen) atoms. The summed E-state index contributed by atoms with van der Waals surface area (Å²) in [5.74, 6) is 1.02. The SMILES string of the molecule is O=C(CSc1nnc(N2CCOCC2)n1CC1CCCO1)N1CCN(c2ccc(F)cc2)CC1. The zero-order chi connectivity index (χ0) is 23.3. The van der Waals surface area contributed by atoms with Crippen molar-refractivity contribution in [2.24, 2.45) is 0 Å². The second kappa shape index (κ2) is 10.9. The second-order valence-corrected chi connectivity index (χ2v) is 9.70. The number of benzene rings is 1. The predicted molar refractivity (Wildman–Crippen MR) is 128 cm³/mol. The molecule has 1 unspecified atom stereocenters. The zero-order valence-corrected chi connectivity index (χ0v) is 20.1. The Balaban J connectivity index is 1.19. The maximum absolute atomic E-state index is 13.2. The lowest BCUT2D eigenvalue weighted by atomic mass is 10.2. The molecule has 4 heterocycles. The largest absolute Gasteiger partial charge is 0.378 e. The summed E-state index contributed by atoms with van der Waals surface area (Å²) in [6.45, 7) is 7.19. The van der Waals surface area contributed by atoms with Crippen molar-refractivity contribution < 1.29 is 18.7 Å². The molecule has 3 fully saturated rings. The normalized spacial score (nSPS) is 21.3. The Morgan fingerprint density at radius 3 is 2.47 bits per heavy atom. The fourth-order valence-electron chi connectivity index (χ4n) is 4.62. The summed E-state index contributed by atoms with van der Waals surface area (Å²) < 4.78 is 26.7. The first-order valence-corrected chi connectivity index (χ1v) is 12.9. The van der Waals surface area contributed by atoms with Crippen molar-refractivity contribution >= 4 is 29.3 Å². The van der Waals surface area contributed by atoms with Crippen molar-refractivity contribution in [3.05, 3.63) is 30.1 Å². The molecule has 3 aliphatic rings. The van der Waals surface area contributed by atoms with Crippen molar-refractivity contribution in [1.29, 1.82) is 0 Å². The summed E-state index contributed by atoms with van der Waals surface area (Å²) in [5.41, 5.74) is 0.987. The minimum atomic E-state index is -0.237. The van der Waals surface area contributed by atoms with Gasteiger partial charge < -0.3 is 24.2 Å². The molecule has 0 N–H and O–H groups in total. The lowest BCUT2D eigenvalue weighted by molar-refractivity contribution is -0.128. The number of amides is 1. The van der Waals surface area contributed by atoms with Gasteiger partial charge in [-0.2, -0.15) is 0 Å². The molecular weight excluding hydrogens is 459 g/mol. The van der Waals surface area contributed by atoms with E-state index in [-0.39, 0.29) is 17.8 Å². The van der Waals surface area contributed by atoms with E-state index in [0.717, 1.165) is 62.4 Å². The fraction of sp³-hybridized carbons (Fsp3) is 0.609. The molecule has 1 aromatic heterocycles. The molecule has 1 amide bonds. The number of rotatable bonds is 7. The number of anilines is 2. The van der Waals surface area contributed by atoms with Crippen LogP contribution in [0.2, 0.25) is 0 Å². The molecule has 11 heteroatoms. The van der Waals surface area contributed by atoms with Gasteiger partial charge in [-0.1, -0.05) is 11.8 Å². The van der Waals surface area contributed by atoms with E-state index in [1.165, 1.54) is 23.9 Å². The maximum atomic E-state index is 13.2. The van der Waals surface area contributed by atoms with Gasteiger partial charge >= 0.3 is 0 Å². The van der Waals surface area contributed by atoms with Crippen LogP contribution in [0.5, 0.6) is 0 Å². The van der Waals surface area contributed by atoms with Crippen molar-refractivity contribution in [3.63, 3.8) is 0 Å². The number of carbonyl (C=O) groups excluding carboxylic acids is 1. The Labute approximate surface area is 203 Å². The van der Waals surface area contributed by atoms with E-state index in [2.05, 4.69) is 24.6 Å². The van der Waals surface area contributed by atoms with E-state index in [1.54, 1.807) is 12.1 Å². The van der Waals surface area contributed by atoms with E-state index in [1.807, 2.05) is 4.90 Å². The lowest BCUT2D eigenvalue weighted by Crippen LogP contribution is -2.49. The van der Waals surface area contributed by atoms with E-state index >= 15 is 0 Å². The van der Waals surface area contributed by atoms with Gasteiger partial charge in [0.2, 0.25) is 11.9 Å². The molecule has 184 valence electrons. The lowest BCUT2D eigenvalue weighted by Gasteiger charge is -2.36. The molecule has 1 atom stereocenters. The van der Waals surface area contributed by atoms with Crippen LogP contribution >= 0.6 is 11.8 Å². The molecule has 3 saturated heterocycles. The number of thioether (sulfide) groups is 1. The average Bonchev–Trinajstić information content (AvgIpc) is 3.54. The molecule has 1 aromatic carbocycles. The standard InChI is InChI=1S/C23H31FN6O3S/c24-18-3-5-19(6-4-18)27-7-9-28(10-8-27)21(31)17-34-23-26-25-22(29-11-14-32-15-12-29)30(23)16-20-2-1-13-33-20/h3-6,20H,1-2,7-17H2. The van der Waals surface area contributed by atoms with Crippen LogP contribution in [0.3, 0.4) is 0 Å². The Kier molecular flexibility index (Phi) is 7.51. The molecule has 5 rings (SSSR count). The van der Waals surface area contributed by atoms with Gasteiger partial charge in [-0.3, -0.25) is 9.36 Å². The number of piperazine rings is 1. The number of ether oxygens (including phenoxy) is 2. The topological polar surface area (TPSA) is 76.0 Å². The molecular formula is C23H31FN6O3S. The van der Waals surface area contributed by atoms with Crippen LogP contribution in [0.1, 0.15) is 12.8 Å². The van der Waals surface area contributed by atoms with Gasteiger partial charge in [0, 0.05) is 51.6 Å². The number of hydrogen-bond acceptors (Lipinski definition) is 8. The van der Waals surface area contributed by atoms with Crippen LogP contribution in [0.4, 0.5) is 16.0 Å². The van der Waals surface area contributed by atoms with Crippen molar-refractivity contribution in [1.82, 2.24) is 19.7 Å². The molecule has 0 saturated carbocycles. The number of nitrogens with zero attached hydrogens (tertiary/aromatic N) is 6. The minimum Gasteiger partial charge on any atom is -0.378 e. The van der Waals surface area contributed by atoms with Gasteiger partial charge in [0.1, 0.15) is 5.82 Å². The first-order valence-electron chi connectivity index (χ1n) is 12.0. The third-order valence-electron chi connectivity index (χ3n) is 6.55. The Morgan fingerprint density at radius 2 is 1.76 bits per heavy atom. The summed E-state index contributed by atoms with van der Waals surface area (Å²) in [7, 11) is 0. The van der Waals surface area contributed by atoms with Crippen molar-refractivity contribution in [2.45, 2.75) is 30.6 Å². The summed E-state index contributed by atoms with van der Waals surface area (Å²) in [6.07, 6.45) is 2.26.